The van der Waals surface area contributed by atoms with Crippen molar-refractivity contribution in [2.45, 2.75) is 33.7 Å². The van der Waals surface area contributed by atoms with Crippen LogP contribution in [0, 0.1) is 20.8 Å². The van der Waals surface area contributed by atoms with Gasteiger partial charge in [0.15, 0.2) is 0 Å². The number of methoxy groups -OCH3 is 1. The van der Waals surface area contributed by atoms with Crippen LogP contribution >= 0.6 is 0 Å². The van der Waals surface area contributed by atoms with Crippen LogP contribution < -0.4 is 5.73 Å². The Kier molecular flexibility index (Phi) is 5.14. The van der Waals surface area contributed by atoms with Crippen LogP contribution in [0.25, 0.3) is 11.0 Å². The van der Waals surface area contributed by atoms with Gasteiger partial charge in [-0.25, -0.2) is 9.97 Å². The van der Waals surface area contributed by atoms with Gasteiger partial charge in [-0.1, -0.05) is 0 Å². The summed E-state index contributed by atoms with van der Waals surface area (Å²) in [6, 6.07) is 0. The molecule has 2 rings (SSSR count). The Bertz CT molecular complexity index is 622. The van der Waals surface area contributed by atoms with Gasteiger partial charge in [0.2, 0.25) is 0 Å². The number of ether oxygens (including phenoxy) is 2. The maximum Gasteiger partial charge on any atom is 0.146 e. The Hall–Kier alpha value is -1.66. The topological polar surface area (TPSA) is 75.2 Å². The summed E-state index contributed by atoms with van der Waals surface area (Å²) in [4.78, 5) is 8.82. The van der Waals surface area contributed by atoms with E-state index in [9.17, 15) is 0 Å². The molecule has 6 heteroatoms. The number of aryl methyl sites for hydroxylation is 3. The highest BCUT2D eigenvalue weighted by molar-refractivity contribution is 5.91. The van der Waals surface area contributed by atoms with Crippen LogP contribution in [0.15, 0.2) is 0 Å². The third-order valence-corrected chi connectivity index (χ3v) is 3.71. The smallest absolute Gasteiger partial charge is 0.146 e. The fourth-order valence-electron chi connectivity index (χ4n) is 2.52. The molecular formula is C15H24N4O2. The minimum Gasteiger partial charge on any atom is -0.383 e. The van der Waals surface area contributed by atoms with Crippen LogP contribution in [0.2, 0.25) is 0 Å². The number of nitrogen functional groups attached to an aromatic ring is 1. The van der Waals surface area contributed by atoms with Crippen molar-refractivity contribution in [1.29, 1.82) is 0 Å². The molecule has 0 aromatic carbocycles. The van der Waals surface area contributed by atoms with Gasteiger partial charge in [-0.05, 0) is 32.8 Å². The second-order valence-electron chi connectivity index (χ2n) is 5.18. The zero-order valence-electron chi connectivity index (χ0n) is 13.3. The Morgan fingerprint density at radius 1 is 1.10 bits per heavy atom. The third kappa shape index (κ3) is 3.33. The minimum atomic E-state index is 0.563. The van der Waals surface area contributed by atoms with Gasteiger partial charge in [0.05, 0.1) is 18.6 Å². The quantitative estimate of drug-likeness (QED) is 0.790. The van der Waals surface area contributed by atoms with Crippen molar-refractivity contribution in [3.8, 4) is 0 Å². The predicted molar refractivity (Wildman–Crippen MR) is 83.5 cm³/mol. The van der Waals surface area contributed by atoms with E-state index in [1.807, 2.05) is 6.92 Å². The first kappa shape index (κ1) is 15.7. The number of anilines is 1. The third-order valence-electron chi connectivity index (χ3n) is 3.71. The molecule has 2 N–H and O–H groups in total. The molecule has 0 aliphatic rings. The van der Waals surface area contributed by atoms with Crippen LogP contribution in [0.4, 0.5) is 5.82 Å². The van der Waals surface area contributed by atoms with Gasteiger partial charge in [-0.2, -0.15) is 0 Å². The zero-order chi connectivity index (χ0) is 15.4. The molecule has 2 aromatic rings. The summed E-state index contributed by atoms with van der Waals surface area (Å²) in [6.07, 6.45) is 0.927. The summed E-state index contributed by atoms with van der Waals surface area (Å²) in [5.74, 6) is 1.27. The molecule has 2 aromatic heterocycles. The van der Waals surface area contributed by atoms with E-state index in [0.717, 1.165) is 29.6 Å². The van der Waals surface area contributed by atoms with Gasteiger partial charge >= 0.3 is 0 Å². The van der Waals surface area contributed by atoms with E-state index >= 15 is 0 Å². The average Bonchev–Trinajstić information content (AvgIpc) is 2.67. The van der Waals surface area contributed by atoms with Gasteiger partial charge in [-0.15, -0.1) is 0 Å². The molecule has 0 aliphatic heterocycles. The van der Waals surface area contributed by atoms with Crippen LogP contribution in [0.5, 0.6) is 0 Å². The van der Waals surface area contributed by atoms with Crippen molar-refractivity contribution in [1.82, 2.24) is 14.5 Å². The second kappa shape index (κ2) is 6.87. The molecule has 0 unspecified atom stereocenters. The zero-order valence-corrected chi connectivity index (χ0v) is 13.3. The van der Waals surface area contributed by atoms with E-state index < -0.39 is 0 Å². The van der Waals surface area contributed by atoms with E-state index in [-0.39, 0.29) is 0 Å². The van der Waals surface area contributed by atoms with Crippen molar-refractivity contribution < 1.29 is 9.47 Å². The average molecular weight is 292 g/mol. The summed E-state index contributed by atoms with van der Waals surface area (Å²) in [5.41, 5.74) is 9.31. The Morgan fingerprint density at radius 2 is 1.86 bits per heavy atom. The summed E-state index contributed by atoms with van der Waals surface area (Å²) < 4.78 is 12.7. The number of nitrogens with two attached hydrogens (primary N) is 1. The molecule has 0 radical (unpaired) electrons. The number of aromatic nitrogens is 3. The lowest BCUT2D eigenvalue weighted by atomic mass is 10.2. The van der Waals surface area contributed by atoms with E-state index in [4.69, 9.17) is 15.2 Å². The molecule has 2 heterocycles. The molecule has 0 spiro atoms. The van der Waals surface area contributed by atoms with E-state index in [1.165, 1.54) is 5.69 Å². The number of hydrogen-bond donors (Lipinski definition) is 1. The van der Waals surface area contributed by atoms with Gasteiger partial charge in [-0.3, -0.25) is 0 Å². The van der Waals surface area contributed by atoms with Crippen LogP contribution in [0.3, 0.4) is 0 Å². The molecule has 0 aliphatic carbocycles. The first-order valence-electron chi connectivity index (χ1n) is 7.22. The highest BCUT2D eigenvalue weighted by atomic mass is 16.5. The van der Waals surface area contributed by atoms with Crippen molar-refractivity contribution in [3.05, 3.63) is 17.1 Å². The highest BCUT2D eigenvalue weighted by Crippen LogP contribution is 2.27. The van der Waals surface area contributed by atoms with E-state index in [2.05, 4.69) is 28.4 Å². The number of nitrogens with zero attached hydrogens (tertiary/aromatic N) is 3. The Labute approximate surface area is 125 Å². The van der Waals surface area contributed by atoms with Gasteiger partial charge in [0.1, 0.15) is 17.3 Å². The van der Waals surface area contributed by atoms with Crippen molar-refractivity contribution >= 4 is 16.9 Å². The van der Waals surface area contributed by atoms with E-state index in [1.54, 1.807) is 7.11 Å². The molecule has 0 fully saturated rings. The molecule has 0 amide bonds. The van der Waals surface area contributed by atoms with Crippen molar-refractivity contribution in [2.75, 3.05) is 32.7 Å². The van der Waals surface area contributed by atoms with Crippen LogP contribution in [-0.2, 0) is 16.0 Å². The van der Waals surface area contributed by atoms with Crippen LogP contribution in [-0.4, -0.2) is 41.5 Å². The molecule has 0 saturated heterocycles. The lowest BCUT2D eigenvalue weighted by molar-refractivity contribution is 0.0681. The second-order valence-corrected chi connectivity index (χ2v) is 5.18. The lowest BCUT2D eigenvalue weighted by Gasteiger charge is -2.09. The SMILES string of the molecule is COCCOCCCn1c(C)c(C)c2c(N)nc(C)nc21. The normalized spacial score (nSPS) is 11.4. The fourth-order valence-corrected chi connectivity index (χ4v) is 2.52. The van der Waals surface area contributed by atoms with Crippen molar-refractivity contribution in [3.63, 3.8) is 0 Å². The number of fused-ring (bicyclic) bond motifs is 1. The molecule has 0 saturated carbocycles. The van der Waals surface area contributed by atoms with Gasteiger partial charge < -0.3 is 19.8 Å². The molecule has 21 heavy (non-hydrogen) atoms. The monoisotopic (exact) mass is 292 g/mol. The highest BCUT2D eigenvalue weighted by Gasteiger charge is 2.15. The molecule has 0 bridgehead atoms. The molecule has 0 atom stereocenters. The minimum absolute atomic E-state index is 0.563. The Balaban J connectivity index is 2.14. The lowest BCUT2D eigenvalue weighted by Crippen LogP contribution is -2.08. The maximum absolute atomic E-state index is 6.05. The first-order valence-corrected chi connectivity index (χ1v) is 7.22. The summed E-state index contributed by atoms with van der Waals surface area (Å²) in [7, 11) is 1.67. The first-order chi connectivity index (χ1) is 10.1. The van der Waals surface area contributed by atoms with E-state index in [0.29, 0.717) is 31.5 Å². The summed E-state index contributed by atoms with van der Waals surface area (Å²) in [5, 5.41) is 0.971. The number of hydrogen-bond acceptors (Lipinski definition) is 5. The van der Waals surface area contributed by atoms with Crippen molar-refractivity contribution in [2.24, 2.45) is 0 Å². The fraction of sp³-hybridized carbons (Fsp3) is 0.600. The maximum atomic E-state index is 6.05. The predicted octanol–water partition coefficient (Wildman–Crippen LogP) is 1.99. The molecule has 6 nitrogen and oxygen atoms in total. The summed E-state index contributed by atoms with van der Waals surface area (Å²) >= 11 is 0. The van der Waals surface area contributed by atoms with Crippen LogP contribution in [0.1, 0.15) is 23.5 Å². The largest absolute Gasteiger partial charge is 0.383 e. The van der Waals surface area contributed by atoms with Gasteiger partial charge in [0, 0.05) is 26.0 Å². The summed E-state index contributed by atoms with van der Waals surface area (Å²) in [6.45, 7) is 8.87. The Morgan fingerprint density at radius 3 is 2.57 bits per heavy atom. The number of rotatable bonds is 7. The molecule has 116 valence electrons. The standard InChI is InChI=1S/C15H24N4O2/c1-10-11(2)19(6-5-7-21-9-8-20-4)15-13(10)14(16)17-12(3)18-15/h5-9H2,1-4H3,(H2,16,17,18). The van der Waals surface area contributed by atoms with Gasteiger partial charge in [0.25, 0.3) is 0 Å². The molecular weight excluding hydrogens is 268 g/mol.